The Kier molecular flexibility index (Phi) is 4.57. The molecule has 1 nitrogen and oxygen atoms in total. The van der Waals surface area contributed by atoms with Crippen molar-refractivity contribution in [1.82, 2.24) is 0 Å². The number of aliphatic hydroxyl groups excluding tert-OH is 1. The molecular weight excluding hydrogens is 283 g/mol. The highest BCUT2D eigenvalue weighted by atomic mass is 79.9. The minimum absolute atomic E-state index is 0.317. The van der Waals surface area contributed by atoms with Crippen LogP contribution in [0, 0.1) is 11.7 Å². The first-order chi connectivity index (χ1) is 8.16. The maximum atomic E-state index is 13.7. The summed E-state index contributed by atoms with van der Waals surface area (Å²) in [7, 11) is 0. The Hall–Kier alpha value is -0.410. The smallest absolute Gasteiger partial charge is 0.130 e. The number of rotatable bonds is 3. The molecule has 0 radical (unpaired) electrons. The molecule has 1 aromatic rings. The second-order valence-electron chi connectivity index (χ2n) is 4.92. The van der Waals surface area contributed by atoms with Crippen LogP contribution >= 0.6 is 15.9 Å². The van der Waals surface area contributed by atoms with Crippen LogP contribution in [0.2, 0.25) is 0 Å². The monoisotopic (exact) mass is 300 g/mol. The van der Waals surface area contributed by atoms with E-state index in [0.29, 0.717) is 22.4 Å². The van der Waals surface area contributed by atoms with Crippen molar-refractivity contribution in [3.63, 3.8) is 0 Å². The van der Waals surface area contributed by atoms with Crippen molar-refractivity contribution in [3.05, 3.63) is 34.1 Å². The maximum absolute atomic E-state index is 13.7. The van der Waals surface area contributed by atoms with Crippen LogP contribution in [0.5, 0.6) is 0 Å². The van der Waals surface area contributed by atoms with Crippen molar-refractivity contribution in [3.8, 4) is 0 Å². The molecule has 0 aromatic heterocycles. The van der Waals surface area contributed by atoms with Crippen LogP contribution in [0.15, 0.2) is 22.7 Å². The molecule has 0 bridgehead atoms. The van der Waals surface area contributed by atoms with Crippen LogP contribution in [-0.4, -0.2) is 5.11 Å². The minimum atomic E-state index is -0.661. The van der Waals surface area contributed by atoms with Gasteiger partial charge >= 0.3 is 0 Å². The first-order valence-corrected chi connectivity index (χ1v) is 7.09. The summed E-state index contributed by atoms with van der Waals surface area (Å²) in [6.07, 6.45) is 6.19. The molecule has 1 aliphatic carbocycles. The van der Waals surface area contributed by atoms with Crippen molar-refractivity contribution >= 4 is 15.9 Å². The summed E-state index contributed by atoms with van der Waals surface area (Å²) in [4.78, 5) is 0. The highest BCUT2D eigenvalue weighted by Crippen LogP contribution is 2.33. The van der Waals surface area contributed by atoms with E-state index in [1.807, 2.05) is 0 Å². The summed E-state index contributed by atoms with van der Waals surface area (Å²) in [6, 6.07) is 4.87. The quantitative estimate of drug-likeness (QED) is 0.865. The van der Waals surface area contributed by atoms with Crippen molar-refractivity contribution < 1.29 is 9.50 Å². The Labute approximate surface area is 110 Å². The van der Waals surface area contributed by atoms with Crippen LogP contribution < -0.4 is 0 Å². The number of halogens is 2. The zero-order valence-electron chi connectivity index (χ0n) is 9.83. The number of hydrogen-bond donors (Lipinski definition) is 1. The fourth-order valence-electron chi connectivity index (χ4n) is 2.64. The molecule has 94 valence electrons. The number of benzene rings is 1. The van der Waals surface area contributed by atoms with Gasteiger partial charge in [-0.1, -0.05) is 54.1 Å². The molecule has 0 saturated heterocycles. The molecule has 1 aromatic carbocycles. The average Bonchev–Trinajstić information content (AvgIpc) is 2.30. The van der Waals surface area contributed by atoms with Gasteiger partial charge in [0.05, 0.1) is 6.10 Å². The van der Waals surface area contributed by atoms with Gasteiger partial charge in [-0.25, -0.2) is 4.39 Å². The van der Waals surface area contributed by atoms with Gasteiger partial charge in [0.1, 0.15) is 5.82 Å². The summed E-state index contributed by atoms with van der Waals surface area (Å²) < 4.78 is 14.4. The molecular formula is C14H18BrFO. The largest absolute Gasteiger partial charge is 0.388 e. The molecule has 0 amide bonds. The minimum Gasteiger partial charge on any atom is -0.388 e. The molecule has 1 N–H and O–H groups in total. The molecule has 0 heterocycles. The highest BCUT2D eigenvalue weighted by Gasteiger charge is 2.20. The second kappa shape index (κ2) is 5.96. The Bertz CT molecular complexity index is 374. The molecule has 3 heteroatoms. The van der Waals surface area contributed by atoms with Gasteiger partial charge < -0.3 is 5.11 Å². The third-order valence-electron chi connectivity index (χ3n) is 3.60. The second-order valence-corrected chi connectivity index (χ2v) is 5.84. The standard InChI is InChI=1S/C14H18BrFO/c15-11-6-7-12(13(16)9-11)14(17)8-10-4-2-1-3-5-10/h6-7,9-10,14,17H,1-5,8H2. The van der Waals surface area contributed by atoms with Crippen molar-refractivity contribution in [2.24, 2.45) is 5.92 Å². The van der Waals surface area contributed by atoms with E-state index in [-0.39, 0.29) is 5.82 Å². The normalized spacial score (nSPS) is 19.2. The first kappa shape index (κ1) is 13.0. The first-order valence-electron chi connectivity index (χ1n) is 6.30. The van der Waals surface area contributed by atoms with Gasteiger partial charge in [-0.05, 0) is 24.5 Å². The molecule has 1 unspecified atom stereocenters. The summed E-state index contributed by atoms with van der Waals surface area (Å²) in [5.41, 5.74) is 0.429. The molecule has 1 atom stereocenters. The van der Waals surface area contributed by atoms with Gasteiger partial charge in [-0.15, -0.1) is 0 Å². The van der Waals surface area contributed by atoms with Crippen LogP contribution in [0.3, 0.4) is 0 Å². The molecule has 0 aliphatic heterocycles. The topological polar surface area (TPSA) is 20.2 Å². The van der Waals surface area contributed by atoms with Gasteiger partial charge in [-0.3, -0.25) is 0 Å². The van der Waals surface area contributed by atoms with Gasteiger partial charge in [0.2, 0.25) is 0 Å². The third-order valence-corrected chi connectivity index (χ3v) is 4.10. The zero-order chi connectivity index (χ0) is 12.3. The summed E-state index contributed by atoms with van der Waals surface area (Å²) in [5, 5.41) is 10.1. The van der Waals surface area contributed by atoms with E-state index >= 15 is 0 Å². The van der Waals surface area contributed by atoms with Crippen LogP contribution in [0.25, 0.3) is 0 Å². The lowest BCUT2D eigenvalue weighted by atomic mass is 9.84. The Balaban J connectivity index is 2.00. The van der Waals surface area contributed by atoms with E-state index < -0.39 is 6.10 Å². The number of aliphatic hydroxyl groups is 1. The van der Waals surface area contributed by atoms with E-state index in [9.17, 15) is 9.50 Å². The summed E-state index contributed by atoms with van der Waals surface area (Å²) in [5.74, 6) is 0.240. The fourth-order valence-corrected chi connectivity index (χ4v) is 2.97. The molecule has 1 fully saturated rings. The van der Waals surface area contributed by atoms with Crippen molar-refractivity contribution in [2.75, 3.05) is 0 Å². The highest BCUT2D eigenvalue weighted by molar-refractivity contribution is 9.10. The zero-order valence-corrected chi connectivity index (χ0v) is 11.4. The predicted molar refractivity (Wildman–Crippen MR) is 70.3 cm³/mol. The van der Waals surface area contributed by atoms with E-state index in [0.717, 1.165) is 0 Å². The lowest BCUT2D eigenvalue weighted by Gasteiger charge is -2.24. The van der Waals surface area contributed by atoms with Gasteiger partial charge in [0.15, 0.2) is 0 Å². The van der Waals surface area contributed by atoms with Crippen molar-refractivity contribution in [1.29, 1.82) is 0 Å². The SMILES string of the molecule is OC(CC1CCCCC1)c1ccc(Br)cc1F. The lowest BCUT2D eigenvalue weighted by molar-refractivity contribution is 0.128. The fraction of sp³-hybridized carbons (Fsp3) is 0.571. The van der Waals surface area contributed by atoms with E-state index in [1.54, 1.807) is 12.1 Å². The van der Waals surface area contributed by atoms with E-state index in [1.165, 1.54) is 38.2 Å². The van der Waals surface area contributed by atoms with Gasteiger partial charge in [0, 0.05) is 10.0 Å². The molecule has 1 saturated carbocycles. The molecule has 1 aliphatic rings. The van der Waals surface area contributed by atoms with Crippen LogP contribution in [-0.2, 0) is 0 Å². The van der Waals surface area contributed by atoms with Gasteiger partial charge in [0.25, 0.3) is 0 Å². The van der Waals surface area contributed by atoms with Crippen LogP contribution in [0.4, 0.5) is 4.39 Å². The average molecular weight is 301 g/mol. The maximum Gasteiger partial charge on any atom is 0.130 e. The van der Waals surface area contributed by atoms with E-state index in [4.69, 9.17) is 0 Å². The predicted octanol–water partition coefficient (Wildman–Crippen LogP) is 4.59. The molecule has 2 rings (SSSR count). The summed E-state index contributed by atoms with van der Waals surface area (Å²) in [6.45, 7) is 0. The Morgan fingerprint density at radius 1 is 1.29 bits per heavy atom. The van der Waals surface area contributed by atoms with Crippen molar-refractivity contribution in [2.45, 2.75) is 44.6 Å². The summed E-state index contributed by atoms with van der Waals surface area (Å²) >= 11 is 3.22. The van der Waals surface area contributed by atoms with Gasteiger partial charge in [-0.2, -0.15) is 0 Å². The molecule has 0 spiro atoms. The van der Waals surface area contributed by atoms with Crippen LogP contribution in [0.1, 0.15) is 50.2 Å². The lowest BCUT2D eigenvalue weighted by Crippen LogP contribution is -2.12. The molecule has 17 heavy (non-hydrogen) atoms. The Morgan fingerprint density at radius 2 is 2.00 bits per heavy atom. The number of hydrogen-bond acceptors (Lipinski definition) is 1. The third kappa shape index (κ3) is 3.52. The Morgan fingerprint density at radius 3 is 2.65 bits per heavy atom. The van der Waals surface area contributed by atoms with E-state index in [2.05, 4.69) is 15.9 Å².